The number of benzene rings is 3. The number of allylic oxidation sites excluding steroid dienone is 1. The standard InChI is InChI=1S/C30H27BrN4O4S2/c1-22-14-16-34(17-15-22)41(38,39)28-9-5-6-23(18-28)30-24(21-35(33-30)26-7-3-2-4-8-26)19-29(20-32)40(36,37)27-12-10-25(31)11-13-27/h2-13,18-19,21-22H,14-17H2,1H3/b29-19+. The van der Waals surface area contributed by atoms with E-state index in [0.29, 0.717) is 46.0 Å². The van der Waals surface area contributed by atoms with Gasteiger partial charge < -0.3 is 0 Å². The molecule has 1 saturated heterocycles. The Balaban J connectivity index is 1.62. The lowest BCUT2D eigenvalue weighted by atomic mass is 10.0. The van der Waals surface area contributed by atoms with Crippen molar-refractivity contribution in [1.29, 1.82) is 5.26 Å². The Labute approximate surface area is 248 Å². The number of rotatable bonds is 7. The number of nitriles is 1. The molecule has 3 aromatic carbocycles. The summed E-state index contributed by atoms with van der Waals surface area (Å²) in [5.74, 6) is 0.479. The minimum atomic E-state index is -4.13. The molecule has 0 saturated carbocycles. The fourth-order valence-electron chi connectivity index (χ4n) is 4.66. The van der Waals surface area contributed by atoms with Gasteiger partial charge in [-0.2, -0.15) is 14.7 Å². The van der Waals surface area contributed by atoms with Gasteiger partial charge in [-0.05, 0) is 73.4 Å². The molecule has 5 rings (SSSR count). The maximum absolute atomic E-state index is 13.5. The van der Waals surface area contributed by atoms with E-state index in [2.05, 4.69) is 22.9 Å². The molecule has 1 aromatic heterocycles. The number of hydrogen-bond donors (Lipinski definition) is 0. The molecule has 8 nitrogen and oxygen atoms in total. The fraction of sp³-hybridized carbons (Fsp3) is 0.200. The second-order valence-corrected chi connectivity index (χ2v) is 14.7. The van der Waals surface area contributed by atoms with Gasteiger partial charge in [0.05, 0.1) is 15.5 Å². The molecule has 0 unspecified atom stereocenters. The molecule has 11 heteroatoms. The zero-order valence-corrected chi connectivity index (χ0v) is 25.4. The molecule has 41 heavy (non-hydrogen) atoms. The molecule has 210 valence electrons. The Bertz CT molecular complexity index is 1850. The Kier molecular flexibility index (Phi) is 8.29. The monoisotopic (exact) mass is 650 g/mol. The Morgan fingerprint density at radius 3 is 2.29 bits per heavy atom. The van der Waals surface area contributed by atoms with Crippen molar-refractivity contribution in [2.24, 2.45) is 5.92 Å². The minimum absolute atomic E-state index is 0.0190. The number of sulfone groups is 1. The highest BCUT2D eigenvalue weighted by Gasteiger charge is 2.29. The van der Waals surface area contributed by atoms with E-state index in [9.17, 15) is 22.1 Å². The smallest absolute Gasteiger partial charge is 0.240 e. The summed E-state index contributed by atoms with van der Waals surface area (Å²) >= 11 is 3.30. The molecule has 1 aliphatic rings. The molecule has 0 amide bonds. The Morgan fingerprint density at radius 2 is 1.63 bits per heavy atom. The average Bonchev–Trinajstić information content (AvgIpc) is 3.41. The van der Waals surface area contributed by atoms with Crippen molar-refractivity contribution in [3.05, 3.63) is 100 Å². The largest absolute Gasteiger partial charge is 0.243 e. The third-order valence-electron chi connectivity index (χ3n) is 7.06. The molecule has 0 atom stereocenters. The number of nitrogens with zero attached hydrogens (tertiary/aromatic N) is 4. The van der Waals surface area contributed by atoms with E-state index in [1.165, 1.54) is 22.5 Å². The van der Waals surface area contributed by atoms with Gasteiger partial charge in [0, 0.05) is 34.9 Å². The van der Waals surface area contributed by atoms with Crippen LogP contribution in [-0.2, 0) is 19.9 Å². The van der Waals surface area contributed by atoms with Gasteiger partial charge in [-0.15, -0.1) is 0 Å². The molecular formula is C30H27BrN4O4S2. The lowest BCUT2D eigenvalue weighted by Gasteiger charge is -2.29. The van der Waals surface area contributed by atoms with Gasteiger partial charge >= 0.3 is 0 Å². The van der Waals surface area contributed by atoms with Crippen molar-refractivity contribution < 1.29 is 16.8 Å². The second-order valence-electron chi connectivity index (χ2n) is 9.91. The van der Waals surface area contributed by atoms with Crippen molar-refractivity contribution in [3.8, 4) is 23.0 Å². The van der Waals surface area contributed by atoms with E-state index < -0.39 is 24.8 Å². The molecule has 0 N–H and O–H groups in total. The van der Waals surface area contributed by atoms with Crippen LogP contribution < -0.4 is 0 Å². The zero-order valence-electron chi connectivity index (χ0n) is 22.2. The van der Waals surface area contributed by atoms with Gasteiger partial charge in [0.1, 0.15) is 16.7 Å². The van der Waals surface area contributed by atoms with E-state index in [4.69, 9.17) is 5.10 Å². The number of para-hydroxylation sites is 1. The van der Waals surface area contributed by atoms with Crippen LogP contribution in [0.5, 0.6) is 0 Å². The van der Waals surface area contributed by atoms with Crippen LogP contribution in [0, 0.1) is 17.2 Å². The number of halogens is 1. The molecule has 0 spiro atoms. The molecule has 1 aliphatic heterocycles. The molecule has 1 fully saturated rings. The first-order valence-corrected chi connectivity index (χ1v) is 16.7. The fourth-order valence-corrected chi connectivity index (χ4v) is 7.59. The van der Waals surface area contributed by atoms with E-state index in [-0.39, 0.29) is 9.79 Å². The average molecular weight is 652 g/mol. The van der Waals surface area contributed by atoms with Crippen molar-refractivity contribution in [3.63, 3.8) is 0 Å². The van der Waals surface area contributed by atoms with E-state index >= 15 is 0 Å². The first-order valence-electron chi connectivity index (χ1n) is 13.0. The van der Waals surface area contributed by atoms with Crippen molar-refractivity contribution >= 4 is 41.9 Å². The van der Waals surface area contributed by atoms with Gasteiger partial charge in [-0.3, -0.25) is 0 Å². The quantitative estimate of drug-likeness (QED) is 0.225. The van der Waals surface area contributed by atoms with E-state index in [1.807, 2.05) is 36.4 Å². The highest BCUT2D eigenvalue weighted by atomic mass is 79.9. The van der Waals surface area contributed by atoms with Crippen LogP contribution in [0.25, 0.3) is 23.0 Å². The summed E-state index contributed by atoms with van der Waals surface area (Å²) in [6.45, 7) is 3.04. The summed E-state index contributed by atoms with van der Waals surface area (Å²) in [7, 11) is -7.86. The highest BCUT2D eigenvalue weighted by molar-refractivity contribution is 9.10. The third-order valence-corrected chi connectivity index (χ3v) is 11.2. The summed E-state index contributed by atoms with van der Waals surface area (Å²) in [5.41, 5.74) is 1.90. The topological polar surface area (TPSA) is 113 Å². The van der Waals surface area contributed by atoms with Gasteiger partial charge in [-0.25, -0.2) is 21.5 Å². The summed E-state index contributed by atoms with van der Waals surface area (Å²) in [6, 6.07) is 23.6. The minimum Gasteiger partial charge on any atom is -0.240 e. The van der Waals surface area contributed by atoms with Crippen molar-refractivity contribution in [2.45, 2.75) is 29.6 Å². The Hall–Kier alpha value is -3.56. The zero-order chi connectivity index (χ0) is 29.2. The van der Waals surface area contributed by atoms with E-state index in [1.54, 1.807) is 47.3 Å². The number of sulfonamides is 1. The van der Waals surface area contributed by atoms with Crippen LogP contribution in [0.3, 0.4) is 0 Å². The van der Waals surface area contributed by atoms with Crippen molar-refractivity contribution in [1.82, 2.24) is 14.1 Å². The normalized spacial score (nSPS) is 15.5. The van der Waals surface area contributed by atoms with Crippen LogP contribution >= 0.6 is 15.9 Å². The maximum Gasteiger partial charge on any atom is 0.243 e. The SMILES string of the molecule is CC1CCN(S(=O)(=O)c2cccc(-c3nn(-c4ccccc4)cc3/C=C(\C#N)S(=O)(=O)c3ccc(Br)cc3)c2)CC1. The molecule has 2 heterocycles. The molecule has 0 bridgehead atoms. The van der Waals surface area contributed by atoms with Gasteiger partial charge in [0.15, 0.2) is 0 Å². The van der Waals surface area contributed by atoms with Crippen molar-refractivity contribution in [2.75, 3.05) is 13.1 Å². The Morgan fingerprint density at radius 1 is 0.951 bits per heavy atom. The van der Waals surface area contributed by atoms with Gasteiger partial charge in [0.25, 0.3) is 0 Å². The van der Waals surface area contributed by atoms with Crippen LogP contribution in [0.15, 0.2) is 104 Å². The van der Waals surface area contributed by atoms with E-state index in [0.717, 1.165) is 12.8 Å². The predicted molar refractivity (Wildman–Crippen MR) is 161 cm³/mol. The summed E-state index contributed by atoms with van der Waals surface area (Å²) in [5, 5.41) is 14.6. The molecule has 0 aliphatic carbocycles. The van der Waals surface area contributed by atoms with Crippen LogP contribution in [0.4, 0.5) is 0 Å². The molecule has 0 radical (unpaired) electrons. The first-order chi connectivity index (χ1) is 19.6. The predicted octanol–water partition coefficient (Wildman–Crippen LogP) is 6.06. The highest BCUT2D eigenvalue weighted by Crippen LogP contribution is 2.31. The summed E-state index contributed by atoms with van der Waals surface area (Å²) in [4.78, 5) is -0.342. The second kappa shape index (κ2) is 11.7. The van der Waals surface area contributed by atoms with Gasteiger partial charge in [-0.1, -0.05) is 53.2 Å². The van der Waals surface area contributed by atoms with Gasteiger partial charge in [0.2, 0.25) is 19.9 Å². The van der Waals surface area contributed by atoms with Crippen LogP contribution in [-0.4, -0.2) is 44.0 Å². The van der Waals surface area contributed by atoms with Crippen LogP contribution in [0.1, 0.15) is 25.3 Å². The summed E-state index contributed by atoms with van der Waals surface area (Å²) in [6.07, 6.45) is 4.52. The first kappa shape index (κ1) is 29.0. The maximum atomic E-state index is 13.5. The number of piperidine rings is 1. The number of hydrogen-bond acceptors (Lipinski definition) is 6. The lowest BCUT2D eigenvalue weighted by Crippen LogP contribution is -2.37. The lowest BCUT2D eigenvalue weighted by molar-refractivity contribution is 0.288. The molecular weight excluding hydrogens is 624 g/mol. The summed E-state index contributed by atoms with van der Waals surface area (Å²) < 4.78 is 57.5. The third kappa shape index (κ3) is 6.06. The number of aromatic nitrogens is 2. The molecule has 4 aromatic rings. The van der Waals surface area contributed by atoms with Crippen LogP contribution in [0.2, 0.25) is 0 Å².